The molecule has 0 atom stereocenters. The monoisotopic (exact) mass is 602 g/mol. The van der Waals surface area contributed by atoms with Gasteiger partial charge in [-0.2, -0.15) is 13.2 Å². The molecule has 234 valence electrons. The third kappa shape index (κ3) is 9.59. The maximum atomic E-state index is 13.7. The number of nitrogens with one attached hydrogen (secondary N) is 1. The lowest BCUT2D eigenvalue weighted by Crippen LogP contribution is -2.39. The molecular formula is C33H41F3N2O5. The van der Waals surface area contributed by atoms with Crippen molar-refractivity contribution in [3.05, 3.63) is 70.3 Å². The molecule has 1 N–H and O–H groups in total. The number of hydrogen-bond acceptors (Lipinski definition) is 6. The van der Waals surface area contributed by atoms with Crippen LogP contribution in [0.15, 0.2) is 53.2 Å². The first-order valence-corrected chi connectivity index (χ1v) is 14.6. The summed E-state index contributed by atoms with van der Waals surface area (Å²) in [7, 11) is 1.44. The van der Waals surface area contributed by atoms with Crippen LogP contribution in [0.4, 0.5) is 13.2 Å². The number of ether oxygens (including phenoxy) is 2. The first-order chi connectivity index (χ1) is 20.4. The van der Waals surface area contributed by atoms with Crippen molar-refractivity contribution < 1.29 is 37.1 Å². The lowest BCUT2D eigenvalue weighted by atomic mass is 9.84. The number of carbonyl (C=O) groups is 2. The van der Waals surface area contributed by atoms with Gasteiger partial charge in [0, 0.05) is 29.5 Å². The van der Waals surface area contributed by atoms with Gasteiger partial charge in [-0.3, -0.25) is 4.79 Å². The van der Waals surface area contributed by atoms with Gasteiger partial charge in [-0.15, -0.1) is 0 Å². The zero-order chi connectivity index (χ0) is 31.6. The maximum absolute atomic E-state index is 13.7. The summed E-state index contributed by atoms with van der Waals surface area (Å²) in [6.07, 6.45) is 0.250. The first kappa shape index (κ1) is 33.7. The highest BCUT2D eigenvalue weighted by atomic mass is 19.4. The molecule has 2 aromatic carbocycles. The molecule has 7 nitrogen and oxygen atoms in total. The molecule has 43 heavy (non-hydrogen) atoms. The van der Waals surface area contributed by atoms with Crippen LogP contribution in [-0.4, -0.2) is 44.0 Å². The molecule has 3 rings (SSSR count). The fraction of sp³-hybridized carbons (Fsp3) is 0.485. The number of rotatable bonds is 6. The van der Waals surface area contributed by atoms with E-state index in [9.17, 15) is 22.8 Å². The predicted molar refractivity (Wildman–Crippen MR) is 160 cm³/mol. The van der Waals surface area contributed by atoms with E-state index in [1.165, 1.54) is 7.11 Å². The molecule has 1 aliphatic rings. The smallest absolute Gasteiger partial charge is 0.416 e. The number of amides is 1. The Balaban J connectivity index is 2.04. The van der Waals surface area contributed by atoms with Crippen molar-refractivity contribution in [1.82, 2.24) is 5.32 Å². The van der Waals surface area contributed by atoms with E-state index in [1.54, 1.807) is 30.3 Å². The molecule has 0 fully saturated rings. The third-order valence-corrected chi connectivity index (χ3v) is 7.47. The highest BCUT2D eigenvalue weighted by Crippen LogP contribution is 2.32. The Labute approximate surface area is 251 Å². The van der Waals surface area contributed by atoms with Gasteiger partial charge in [-0.25, -0.2) is 4.79 Å². The fourth-order valence-corrected chi connectivity index (χ4v) is 4.79. The Kier molecular flexibility index (Phi) is 11.8. The topological polar surface area (TPSA) is 86.2 Å². The number of cyclic esters (lactones) is 1. The number of hydrogen-bond donors (Lipinski definition) is 1. The van der Waals surface area contributed by atoms with E-state index in [1.807, 2.05) is 27.7 Å². The van der Waals surface area contributed by atoms with Crippen molar-refractivity contribution in [2.24, 2.45) is 10.6 Å². The van der Waals surface area contributed by atoms with Gasteiger partial charge >= 0.3 is 12.1 Å². The quantitative estimate of drug-likeness (QED) is 0.212. The number of halogens is 3. The van der Waals surface area contributed by atoms with Crippen LogP contribution in [0, 0.1) is 5.41 Å². The summed E-state index contributed by atoms with van der Waals surface area (Å²) >= 11 is 0. The molecular weight excluding hydrogens is 561 g/mol. The number of nitrogens with zero attached hydrogens (tertiary/aromatic N) is 1. The van der Waals surface area contributed by atoms with E-state index in [0.717, 1.165) is 31.0 Å². The second kappa shape index (κ2) is 15.1. The number of fused-ring (bicyclic) bond motifs is 1. The molecule has 1 amide bonds. The molecule has 2 aromatic rings. The van der Waals surface area contributed by atoms with Crippen LogP contribution in [0.25, 0.3) is 6.08 Å². The van der Waals surface area contributed by atoms with E-state index in [-0.39, 0.29) is 42.4 Å². The zero-order valence-electron chi connectivity index (χ0n) is 25.5. The van der Waals surface area contributed by atoms with E-state index in [2.05, 4.69) is 10.5 Å². The summed E-state index contributed by atoms with van der Waals surface area (Å²) in [5.41, 5.74) is 0.0628. The number of benzene rings is 2. The summed E-state index contributed by atoms with van der Waals surface area (Å²) in [6, 6.07) is 10.0. The minimum Gasteiger partial charge on any atom is -0.490 e. The van der Waals surface area contributed by atoms with E-state index < -0.39 is 29.0 Å². The van der Waals surface area contributed by atoms with Crippen molar-refractivity contribution in [2.45, 2.75) is 78.5 Å². The van der Waals surface area contributed by atoms with Gasteiger partial charge in [0.25, 0.3) is 5.91 Å². The maximum Gasteiger partial charge on any atom is 0.416 e. The van der Waals surface area contributed by atoms with E-state index in [0.29, 0.717) is 36.3 Å². The average Bonchev–Trinajstić information content (AvgIpc) is 2.97. The fourth-order valence-electron chi connectivity index (χ4n) is 4.79. The molecule has 0 radical (unpaired) electrons. The SMILES string of the molecule is CCC(CC)Oc1ccc(/C=C2\Cc3cc(C(F)(F)F)ccc3C(=O)NCC(C)(C)/C(=N/OC)CCCCOC2=O)cc1. The van der Waals surface area contributed by atoms with Crippen LogP contribution in [0.5, 0.6) is 5.75 Å². The van der Waals surface area contributed by atoms with Crippen LogP contribution in [-0.2, 0) is 27.0 Å². The molecule has 0 saturated carbocycles. The average molecular weight is 603 g/mol. The van der Waals surface area contributed by atoms with Gasteiger partial charge in [-0.1, -0.05) is 45.0 Å². The number of esters is 1. The summed E-state index contributed by atoms with van der Waals surface area (Å²) in [5.74, 6) is -0.544. The lowest BCUT2D eigenvalue weighted by molar-refractivity contribution is -0.139. The molecule has 10 heteroatoms. The van der Waals surface area contributed by atoms with Crippen LogP contribution in [0.2, 0.25) is 0 Å². The van der Waals surface area contributed by atoms with E-state index in [4.69, 9.17) is 14.3 Å². The summed E-state index contributed by atoms with van der Waals surface area (Å²) < 4.78 is 52.7. The molecule has 0 unspecified atom stereocenters. The minimum absolute atomic E-state index is 0.0384. The minimum atomic E-state index is -4.63. The molecule has 1 aliphatic heterocycles. The van der Waals surface area contributed by atoms with Crippen molar-refractivity contribution in [3.63, 3.8) is 0 Å². The van der Waals surface area contributed by atoms with Crippen molar-refractivity contribution in [3.8, 4) is 5.75 Å². The first-order valence-electron chi connectivity index (χ1n) is 14.6. The van der Waals surface area contributed by atoms with Gasteiger partial charge < -0.3 is 19.6 Å². The Morgan fingerprint density at radius 2 is 1.77 bits per heavy atom. The molecule has 0 aromatic heterocycles. The van der Waals surface area contributed by atoms with Gasteiger partial charge in [0.05, 0.1) is 24.0 Å². The summed E-state index contributed by atoms with van der Waals surface area (Å²) in [4.78, 5) is 31.7. The number of alkyl halides is 3. The molecule has 0 spiro atoms. The van der Waals surface area contributed by atoms with Gasteiger partial charge in [-0.05, 0) is 79.6 Å². The summed E-state index contributed by atoms with van der Waals surface area (Å²) in [6.45, 7) is 8.19. The Hall–Kier alpha value is -3.82. The van der Waals surface area contributed by atoms with Crippen LogP contribution in [0.3, 0.4) is 0 Å². The second-order valence-electron chi connectivity index (χ2n) is 11.2. The van der Waals surface area contributed by atoms with Gasteiger partial charge in [0.15, 0.2) is 0 Å². The largest absolute Gasteiger partial charge is 0.490 e. The zero-order valence-corrected chi connectivity index (χ0v) is 25.5. The Morgan fingerprint density at radius 1 is 1.07 bits per heavy atom. The highest BCUT2D eigenvalue weighted by Gasteiger charge is 2.33. The molecule has 0 bridgehead atoms. The third-order valence-electron chi connectivity index (χ3n) is 7.47. The molecule has 0 saturated heterocycles. The Morgan fingerprint density at radius 3 is 2.40 bits per heavy atom. The van der Waals surface area contributed by atoms with Crippen LogP contribution >= 0.6 is 0 Å². The number of oxime groups is 1. The van der Waals surface area contributed by atoms with Crippen molar-refractivity contribution >= 4 is 23.7 Å². The van der Waals surface area contributed by atoms with E-state index >= 15 is 0 Å². The Bertz CT molecular complexity index is 1310. The lowest BCUT2D eigenvalue weighted by Gasteiger charge is -2.27. The van der Waals surface area contributed by atoms with Crippen molar-refractivity contribution in [1.29, 1.82) is 0 Å². The summed E-state index contributed by atoms with van der Waals surface area (Å²) in [5, 5.41) is 7.00. The highest BCUT2D eigenvalue weighted by molar-refractivity contribution is 5.99. The standard InChI is InChI=1S/C33H41F3N2O5/c1-6-26(7-2)43-27-14-11-22(12-15-27)18-24-19-23-20-25(33(34,35)36)13-16-28(23)30(39)37-21-32(3,4)29(38-41-5)10-8-9-17-42-31(24)40/h11-16,18,20,26H,6-10,17,19,21H2,1-5H3,(H,37,39)/b24-18+,38-29+. The molecule has 1 heterocycles. The second-order valence-corrected chi connectivity index (χ2v) is 11.2. The predicted octanol–water partition coefficient (Wildman–Crippen LogP) is 7.38. The van der Waals surface area contributed by atoms with Crippen molar-refractivity contribution in [2.75, 3.05) is 20.3 Å². The normalized spacial score (nSPS) is 18.8. The number of carbonyl (C=O) groups excluding carboxylic acids is 2. The van der Waals surface area contributed by atoms with Crippen LogP contribution in [0.1, 0.15) is 86.8 Å². The van der Waals surface area contributed by atoms with Gasteiger partial charge in [0.1, 0.15) is 12.9 Å². The van der Waals surface area contributed by atoms with Crippen LogP contribution < -0.4 is 10.1 Å². The van der Waals surface area contributed by atoms with Gasteiger partial charge in [0.2, 0.25) is 0 Å². The molecule has 0 aliphatic carbocycles.